The zero-order chi connectivity index (χ0) is 17.3. The molecule has 7 nitrogen and oxygen atoms in total. The minimum absolute atomic E-state index is 0.122. The smallest absolute Gasteiger partial charge is 0.311 e. The number of aromatic nitrogens is 2. The van der Waals surface area contributed by atoms with Gasteiger partial charge in [0.25, 0.3) is 0 Å². The van der Waals surface area contributed by atoms with Gasteiger partial charge in [-0.05, 0) is 48.6 Å². The number of phenolic OH excluding ortho intramolecular Hbond substituents is 2. The highest BCUT2D eigenvalue weighted by Crippen LogP contribution is 2.36. The van der Waals surface area contributed by atoms with Crippen molar-refractivity contribution < 1.29 is 15.1 Å². The summed E-state index contributed by atoms with van der Waals surface area (Å²) in [5.41, 5.74) is 1.48. The van der Waals surface area contributed by atoms with Gasteiger partial charge in [-0.3, -0.25) is 10.1 Å². The van der Waals surface area contributed by atoms with Crippen LogP contribution in [0.4, 0.5) is 5.69 Å². The molecule has 0 aliphatic rings. The van der Waals surface area contributed by atoms with Crippen LogP contribution in [0.2, 0.25) is 0 Å². The Morgan fingerprint density at radius 2 is 1.83 bits per heavy atom. The van der Waals surface area contributed by atoms with E-state index in [0.717, 1.165) is 0 Å². The first-order valence-corrected chi connectivity index (χ1v) is 7.24. The first-order valence-electron chi connectivity index (χ1n) is 6.83. The van der Waals surface area contributed by atoms with Crippen molar-refractivity contribution in [3.63, 3.8) is 0 Å². The topological polar surface area (TPSA) is 112 Å². The van der Waals surface area contributed by atoms with E-state index in [-0.39, 0.29) is 16.1 Å². The Bertz CT molecular complexity index is 983. The van der Waals surface area contributed by atoms with E-state index in [1.165, 1.54) is 24.3 Å². The first kappa shape index (κ1) is 15.6. The molecule has 0 fully saturated rings. The van der Waals surface area contributed by atoms with E-state index in [9.17, 15) is 20.3 Å². The summed E-state index contributed by atoms with van der Waals surface area (Å²) in [4.78, 5) is 17.3. The number of nitro groups is 1. The van der Waals surface area contributed by atoms with E-state index >= 15 is 0 Å². The Balaban J connectivity index is 2.17. The summed E-state index contributed by atoms with van der Waals surface area (Å²) in [7, 11) is 0. The average Bonchev–Trinajstić information content (AvgIpc) is 2.55. The van der Waals surface area contributed by atoms with E-state index in [0.29, 0.717) is 17.0 Å². The summed E-state index contributed by atoms with van der Waals surface area (Å²) < 4.78 is 0.168. The van der Waals surface area contributed by atoms with Gasteiger partial charge >= 0.3 is 5.69 Å². The molecule has 3 N–H and O–H groups in total. The van der Waals surface area contributed by atoms with Crippen LogP contribution in [0.15, 0.2) is 48.5 Å². The third-order valence-corrected chi connectivity index (χ3v) is 3.60. The monoisotopic (exact) mass is 341 g/mol. The first-order chi connectivity index (χ1) is 11.5. The van der Waals surface area contributed by atoms with Crippen molar-refractivity contribution in [3.8, 4) is 34.0 Å². The van der Waals surface area contributed by atoms with Crippen LogP contribution < -0.4 is 0 Å². The minimum atomic E-state index is -0.657. The fourth-order valence-corrected chi connectivity index (χ4v) is 2.49. The molecule has 0 atom stereocenters. The van der Waals surface area contributed by atoms with Crippen LogP contribution in [0.25, 0.3) is 22.5 Å². The molecule has 3 aromatic rings. The fraction of sp³-hybridized carbons (Fsp3) is 0. The molecule has 120 valence electrons. The number of phenols is 2. The second-order valence-corrected chi connectivity index (χ2v) is 5.35. The summed E-state index contributed by atoms with van der Waals surface area (Å²) >= 11 is 5.11. The number of rotatable bonds is 3. The molecule has 2 aromatic carbocycles. The summed E-state index contributed by atoms with van der Waals surface area (Å²) in [6, 6.07) is 12.2. The maximum absolute atomic E-state index is 11.0. The quantitative estimate of drug-likeness (QED) is 0.379. The van der Waals surface area contributed by atoms with Gasteiger partial charge in [0.15, 0.2) is 4.77 Å². The van der Waals surface area contributed by atoms with Crippen molar-refractivity contribution in [2.75, 3.05) is 0 Å². The number of hydrogen-bond donors (Lipinski definition) is 3. The number of benzene rings is 2. The normalized spacial score (nSPS) is 10.5. The van der Waals surface area contributed by atoms with Crippen molar-refractivity contribution in [2.24, 2.45) is 0 Å². The third kappa shape index (κ3) is 2.95. The number of nitro benzene ring substituents is 1. The molecule has 0 amide bonds. The van der Waals surface area contributed by atoms with Gasteiger partial charge in [0.05, 0.1) is 16.3 Å². The number of nitrogens with one attached hydrogen (secondary N) is 1. The van der Waals surface area contributed by atoms with Gasteiger partial charge in [0, 0.05) is 17.2 Å². The predicted molar refractivity (Wildman–Crippen MR) is 90.3 cm³/mol. The largest absolute Gasteiger partial charge is 0.508 e. The van der Waals surface area contributed by atoms with Crippen molar-refractivity contribution >= 4 is 17.9 Å². The number of aromatic hydroxyl groups is 2. The van der Waals surface area contributed by atoms with E-state index in [4.69, 9.17) is 12.2 Å². The summed E-state index contributed by atoms with van der Waals surface area (Å²) in [6.07, 6.45) is 0. The molecule has 1 heterocycles. The van der Waals surface area contributed by atoms with Crippen molar-refractivity contribution in [1.29, 1.82) is 0 Å². The van der Waals surface area contributed by atoms with E-state index in [1.807, 2.05) is 0 Å². The molecule has 0 radical (unpaired) electrons. The molecule has 0 aliphatic heterocycles. The molecular formula is C16H11N3O4S. The lowest BCUT2D eigenvalue weighted by Crippen LogP contribution is -1.94. The molecule has 3 rings (SSSR count). The van der Waals surface area contributed by atoms with Crippen LogP contribution in [0.3, 0.4) is 0 Å². The van der Waals surface area contributed by atoms with Gasteiger partial charge in [0.2, 0.25) is 5.75 Å². The number of para-hydroxylation sites is 1. The van der Waals surface area contributed by atoms with Gasteiger partial charge in [-0.2, -0.15) is 0 Å². The lowest BCUT2D eigenvalue weighted by molar-refractivity contribution is -0.385. The van der Waals surface area contributed by atoms with Gasteiger partial charge in [0.1, 0.15) is 5.75 Å². The Hall–Kier alpha value is -3.26. The number of aromatic amines is 1. The Labute approximate surface area is 141 Å². The lowest BCUT2D eigenvalue weighted by Gasteiger charge is -2.08. The van der Waals surface area contributed by atoms with Crippen LogP contribution in [-0.4, -0.2) is 25.1 Å². The van der Waals surface area contributed by atoms with Crippen LogP contribution in [-0.2, 0) is 0 Å². The van der Waals surface area contributed by atoms with E-state index < -0.39 is 16.4 Å². The van der Waals surface area contributed by atoms with Gasteiger partial charge in [-0.1, -0.05) is 6.07 Å². The Morgan fingerprint density at radius 1 is 1.12 bits per heavy atom. The molecule has 0 saturated carbocycles. The summed E-state index contributed by atoms with van der Waals surface area (Å²) in [5, 5.41) is 30.5. The molecule has 1 aromatic heterocycles. The van der Waals surface area contributed by atoms with Crippen molar-refractivity contribution in [3.05, 3.63) is 63.4 Å². The van der Waals surface area contributed by atoms with E-state index in [2.05, 4.69) is 9.97 Å². The third-order valence-electron chi connectivity index (χ3n) is 3.41. The lowest BCUT2D eigenvalue weighted by atomic mass is 10.1. The highest BCUT2D eigenvalue weighted by Gasteiger charge is 2.18. The van der Waals surface area contributed by atoms with E-state index in [1.54, 1.807) is 24.3 Å². The number of hydrogen-bond acceptors (Lipinski definition) is 6. The fourth-order valence-electron chi connectivity index (χ4n) is 2.28. The minimum Gasteiger partial charge on any atom is -0.508 e. The average molecular weight is 341 g/mol. The molecule has 8 heteroatoms. The predicted octanol–water partition coefficient (Wildman–Crippen LogP) is 3.79. The summed E-state index contributed by atoms with van der Waals surface area (Å²) in [6.45, 7) is 0. The Kier molecular flexibility index (Phi) is 3.97. The molecule has 0 bridgehead atoms. The maximum atomic E-state index is 11.0. The SMILES string of the molecule is O=[N+]([O-])c1cccc(-c2cc(-c3ccc(O)cc3)nc(=S)[nH]2)c1O. The summed E-state index contributed by atoms with van der Waals surface area (Å²) in [5.74, 6) is -0.326. The second kappa shape index (κ2) is 6.09. The Morgan fingerprint density at radius 3 is 2.50 bits per heavy atom. The standard InChI is InChI=1S/C16H11N3O4S/c20-10-6-4-9(5-7-10)12-8-13(18-16(24)17-12)11-2-1-3-14(15(11)21)19(22)23/h1-8,20-21H,(H,17,18,24). The molecule has 0 spiro atoms. The second-order valence-electron chi connectivity index (χ2n) is 4.96. The highest BCUT2D eigenvalue weighted by molar-refractivity contribution is 7.71. The van der Waals surface area contributed by atoms with Crippen LogP contribution in [0, 0.1) is 14.9 Å². The van der Waals surface area contributed by atoms with Gasteiger partial charge < -0.3 is 15.2 Å². The molecule has 0 unspecified atom stereocenters. The highest BCUT2D eigenvalue weighted by atomic mass is 32.1. The zero-order valence-corrected chi connectivity index (χ0v) is 12.9. The maximum Gasteiger partial charge on any atom is 0.311 e. The molecule has 0 aliphatic carbocycles. The molecule has 0 saturated heterocycles. The number of nitrogens with zero attached hydrogens (tertiary/aromatic N) is 2. The van der Waals surface area contributed by atoms with Crippen LogP contribution >= 0.6 is 12.2 Å². The zero-order valence-electron chi connectivity index (χ0n) is 12.1. The molecule has 24 heavy (non-hydrogen) atoms. The van der Waals surface area contributed by atoms with Gasteiger partial charge in [-0.25, -0.2) is 4.98 Å². The van der Waals surface area contributed by atoms with Crippen LogP contribution in [0.5, 0.6) is 11.5 Å². The van der Waals surface area contributed by atoms with Crippen molar-refractivity contribution in [2.45, 2.75) is 0 Å². The van der Waals surface area contributed by atoms with Crippen LogP contribution in [0.1, 0.15) is 0 Å². The van der Waals surface area contributed by atoms with Gasteiger partial charge in [-0.15, -0.1) is 0 Å². The number of H-pyrrole nitrogens is 1. The molecular weight excluding hydrogens is 330 g/mol. The van der Waals surface area contributed by atoms with Crippen molar-refractivity contribution in [1.82, 2.24) is 9.97 Å².